The molecule has 2 aliphatic heterocycles. The molecule has 0 saturated carbocycles. The molecule has 2 aromatic rings. The Bertz CT molecular complexity index is 864. The molecule has 2 aromatic carbocycles. The first-order valence-corrected chi connectivity index (χ1v) is 9.65. The molecule has 27 heavy (non-hydrogen) atoms. The van der Waals surface area contributed by atoms with Crippen LogP contribution in [0.4, 0.5) is 0 Å². The fraction of sp³-hybridized carbons (Fsp3) is 0.300. The molecule has 0 aromatic heterocycles. The van der Waals surface area contributed by atoms with Gasteiger partial charge in [-0.1, -0.05) is 18.2 Å². The van der Waals surface area contributed by atoms with E-state index in [9.17, 15) is 9.59 Å². The second kappa shape index (κ2) is 7.60. The highest BCUT2D eigenvalue weighted by Gasteiger charge is 2.27. The van der Waals surface area contributed by atoms with Crippen LogP contribution in [0.1, 0.15) is 20.7 Å². The van der Waals surface area contributed by atoms with Crippen molar-refractivity contribution < 1.29 is 19.1 Å². The number of fused-ring (bicyclic) bond motifs is 1. The number of rotatable bonds is 2. The van der Waals surface area contributed by atoms with Crippen LogP contribution in [0.3, 0.4) is 0 Å². The number of carbonyl (C=O) groups excluding carboxylic acids is 2. The molecule has 0 N–H and O–H groups in total. The average Bonchev–Trinajstić information content (AvgIpc) is 2.73. The highest BCUT2D eigenvalue weighted by Crippen LogP contribution is 2.36. The van der Waals surface area contributed by atoms with Gasteiger partial charge >= 0.3 is 0 Å². The molecule has 1 fully saturated rings. The number of amides is 2. The van der Waals surface area contributed by atoms with Crippen LogP contribution in [0.5, 0.6) is 11.5 Å². The van der Waals surface area contributed by atoms with Gasteiger partial charge in [0, 0.05) is 36.2 Å². The van der Waals surface area contributed by atoms with Crippen molar-refractivity contribution >= 4 is 27.7 Å². The standard InChI is InChI=1S/C20H19BrN2O4/c21-16-13-18-17(26-10-11-27-18)12-15(16)20(25)23-8-6-22(7-9-23)19(24)14-4-2-1-3-5-14/h1-5,12-13H,6-11H2. The molecular formula is C20H19BrN2O4. The molecule has 0 radical (unpaired) electrons. The van der Waals surface area contributed by atoms with Crippen LogP contribution in [-0.4, -0.2) is 61.0 Å². The van der Waals surface area contributed by atoms with Crippen molar-refractivity contribution in [3.8, 4) is 11.5 Å². The van der Waals surface area contributed by atoms with Crippen LogP contribution < -0.4 is 9.47 Å². The van der Waals surface area contributed by atoms with Crippen LogP contribution in [0.2, 0.25) is 0 Å². The summed E-state index contributed by atoms with van der Waals surface area (Å²) in [6, 6.07) is 12.7. The molecule has 6 nitrogen and oxygen atoms in total. The van der Waals surface area contributed by atoms with Gasteiger partial charge < -0.3 is 19.3 Å². The number of halogens is 1. The van der Waals surface area contributed by atoms with Crippen LogP contribution in [0, 0.1) is 0 Å². The molecule has 2 aliphatic rings. The summed E-state index contributed by atoms with van der Waals surface area (Å²) in [4.78, 5) is 29.1. The van der Waals surface area contributed by atoms with Gasteiger partial charge in [-0.05, 0) is 40.2 Å². The Morgan fingerprint density at radius 2 is 1.37 bits per heavy atom. The fourth-order valence-corrected chi connectivity index (χ4v) is 3.77. The molecule has 0 unspecified atom stereocenters. The second-order valence-corrected chi connectivity index (χ2v) is 7.28. The van der Waals surface area contributed by atoms with Crippen molar-refractivity contribution in [2.45, 2.75) is 0 Å². The zero-order chi connectivity index (χ0) is 18.8. The normalized spacial score (nSPS) is 16.2. The summed E-state index contributed by atoms with van der Waals surface area (Å²) in [5.41, 5.74) is 1.22. The van der Waals surface area contributed by atoms with E-state index < -0.39 is 0 Å². The molecule has 140 valence electrons. The molecule has 4 rings (SSSR count). The number of piperazine rings is 1. The highest BCUT2D eigenvalue weighted by molar-refractivity contribution is 9.10. The van der Waals surface area contributed by atoms with Crippen molar-refractivity contribution in [2.75, 3.05) is 39.4 Å². The Morgan fingerprint density at radius 1 is 0.815 bits per heavy atom. The van der Waals surface area contributed by atoms with Gasteiger partial charge in [-0.3, -0.25) is 9.59 Å². The number of benzene rings is 2. The van der Waals surface area contributed by atoms with E-state index in [-0.39, 0.29) is 11.8 Å². The minimum Gasteiger partial charge on any atom is -0.486 e. The zero-order valence-electron chi connectivity index (χ0n) is 14.7. The largest absolute Gasteiger partial charge is 0.486 e. The number of ether oxygens (including phenoxy) is 2. The van der Waals surface area contributed by atoms with E-state index in [1.165, 1.54) is 0 Å². The maximum absolute atomic E-state index is 12.9. The fourth-order valence-electron chi connectivity index (χ4n) is 3.27. The first-order chi connectivity index (χ1) is 13.1. The SMILES string of the molecule is O=C(c1ccccc1)N1CCN(C(=O)c2cc3c(cc2Br)OCCO3)CC1. The maximum Gasteiger partial charge on any atom is 0.255 e. The lowest BCUT2D eigenvalue weighted by Gasteiger charge is -2.35. The Kier molecular flexibility index (Phi) is 5.03. The van der Waals surface area contributed by atoms with Crippen molar-refractivity contribution in [2.24, 2.45) is 0 Å². The number of carbonyl (C=O) groups is 2. The number of hydrogen-bond donors (Lipinski definition) is 0. The first-order valence-electron chi connectivity index (χ1n) is 8.86. The molecular weight excluding hydrogens is 412 g/mol. The van der Waals surface area contributed by atoms with Gasteiger partial charge in [-0.2, -0.15) is 0 Å². The molecule has 0 spiro atoms. The third-order valence-electron chi connectivity index (χ3n) is 4.74. The van der Waals surface area contributed by atoms with Crippen molar-refractivity contribution in [1.82, 2.24) is 9.80 Å². The smallest absolute Gasteiger partial charge is 0.255 e. The summed E-state index contributed by atoms with van der Waals surface area (Å²) in [6.45, 7) is 3.01. The zero-order valence-corrected chi connectivity index (χ0v) is 16.3. The second-order valence-electron chi connectivity index (χ2n) is 6.43. The molecule has 2 amide bonds. The van der Waals surface area contributed by atoms with Crippen LogP contribution in [0.15, 0.2) is 46.9 Å². The summed E-state index contributed by atoms with van der Waals surface area (Å²) >= 11 is 3.46. The minimum absolute atomic E-state index is 0.00297. The Labute approximate surface area is 165 Å². The lowest BCUT2D eigenvalue weighted by atomic mass is 10.1. The summed E-state index contributed by atoms with van der Waals surface area (Å²) in [5.74, 6) is 1.16. The average molecular weight is 431 g/mol. The van der Waals surface area contributed by atoms with Crippen LogP contribution in [-0.2, 0) is 0 Å². The van der Waals surface area contributed by atoms with E-state index >= 15 is 0 Å². The maximum atomic E-state index is 12.9. The van der Waals surface area contributed by atoms with E-state index in [2.05, 4.69) is 15.9 Å². The first kappa shape index (κ1) is 17.9. The van der Waals surface area contributed by atoms with Gasteiger partial charge in [0.05, 0.1) is 5.56 Å². The van der Waals surface area contributed by atoms with Crippen LogP contribution in [0.25, 0.3) is 0 Å². The van der Waals surface area contributed by atoms with Gasteiger partial charge in [0.15, 0.2) is 11.5 Å². The quantitative estimate of drug-likeness (QED) is 0.734. The molecule has 0 atom stereocenters. The topological polar surface area (TPSA) is 59.1 Å². The third-order valence-corrected chi connectivity index (χ3v) is 5.39. The van der Waals surface area contributed by atoms with E-state index in [4.69, 9.17) is 9.47 Å². The molecule has 7 heteroatoms. The van der Waals surface area contributed by atoms with E-state index in [0.29, 0.717) is 66.5 Å². The van der Waals surface area contributed by atoms with Gasteiger partial charge in [0.25, 0.3) is 11.8 Å². The Morgan fingerprint density at radius 3 is 2.00 bits per heavy atom. The van der Waals surface area contributed by atoms with Crippen LogP contribution >= 0.6 is 15.9 Å². The van der Waals surface area contributed by atoms with Crippen molar-refractivity contribution in [1.29, 1.82) is 0 Å². The molecule has 2 heterocycles. The predicted molar refractivity (Wildman–Crippen MR) is 103 cm³/mol. The number of nitrogens with zero attached hydrogens (tertiary/aromatic N) is 2. The van der Waals surface area contributed by atoms with Gasteiger partial charge in [-0.15, -0.1) is 0 Å². The van der Waals surface area contributed by atoms with E-state index in [1.54, 1.807) is 21.9 Å². The monoisotopic (exact) mass is 430 g/mol. The highest BCUT2D eigenvalue weighted by atomic mass is 79.9. The van der Waals surface area contributed by atoms with Crippen molar-refractivity contribution in [3.05, 3.63) is 58.1 Å². The lowest BCUT2D eigenvalue weighted by Crippen LogP contribution is -2.50. The molecule has 0 aliphatic carbocycles. The van der Waals surface area contributed by atoms with Gasteiger partial charge in [0.2, 0.25) is 0 Å². The lowest BCUT2D eigenvalue weighted by molar-refractivity contribution is 0.0534. The molecule has 0 bridgehead atoms. The van der Waals surface area contributed by atoms with E-state index in [1.807, 2.05) is 30.3 Å². The summed E-state index contributed by atoms with van der Waals surface area (Å²) in [6.07, 6.45) is 0. The van der Waals surface area contributed by atoms with Gasteiger partial charge in [-0.25, -0.2) is 0 Å². The summed E-state index contributed by atoms with van der Waals surface area (Å²) in [7, 11) is 0. The number of hydrogen-bond acceptors (Lipinski definition) is 4. The van der Waals surface area contributed by atoms with E-state index in [0.717, 1.165) is 0 Å². The minimum atomic E-state index is -0.0781. The van der Waals surface area contributed by atoms with Gasteiger partial charge in [0.1, 0.15) is 13.2 Å². The summed E-state index contributed by atoms with van der Waals surface area (Å²) < 4.78 is 11.8. The Hall–Kier alpha value is -2.54. The Balaban J connectivity index is 1.44. The predicted octanol–water partition coefficient (Wildman–Crippen LogP) is 2.82. The van der Waals surface area contributed by atoms with Crippen molar-refractivity contribution in [3.63, 3.8) is 0 Å². The molecule has 1 saturated heterocycles. The third kappa shape index (κ3) is 3.64. The summed E-state index contributed by atoms with van der Waals surface area (Å²) in [5, 5.41) is 0.